The zero-order valence-corrected chi connectivity index (χ0v) is 15.5. The van der Waals surface area contributed by atoms with Gasteiger partial charge in [0, 0.05) is 18.2 Å². The van der Waals surface area contributed by atoms with Gasteiger partial charge in [0.1, 0.15) is 5.82 Å². The summed E-state index contributed by atoms with van der Waals surface area (Å²) in [5, 5.41) is 13.4. The summed E-state index contributed by atoms with van der Waals surface area (Å²) in [5.41, 5.74) is 4.18. The Morgan fingerprint density at radius 3 is 2.39 bits per heavy atom. The second-order valence-corrected chi connectivity index (χ2v) is 6.62. The van der Waals surface area contributed by atoms with E-state index < -0.39 is 6.10 Å². The van der Waals surface area contributed by atoms with Crippen LogP contribution < -0.4 is 5.32 Å². The molecule has 1 atom stereocenters. The Bertz CT molecular complexity index is 1100. The number of amides is 1. The minimum Gasteiger partial charge on any atom is -0.387 e. The minimum atomic E-state index is -0.650. The molecule has 140 valence electrons. The van der Waals surface area contributed by atoms with E-state index in [1.54, 1.807) is 19.2 Å². The predicted octanol–water partition coefficient (Wildman–Crippen LogP) is 3.80. The summed E-state index contributed by atoms with van der Waals surface area (Å²) in [6.07, 6.45) is -0.650. The molecule has 0 aliphatic carbocycles. The quantitative estimate of drug-likeness (QED) is 0.561. The lowest BCUT2D eigenvalue weighted by molar-refractivity contribution is 0.0963. The van der Waals surface area contributed by atoms with Crippen LogP contribution in [0.25, 0.3) is 22.4 Å². The van der Waals surface area contributed by atoms with Crippen LogP contribution in [0.1, 0.15) is 22.0 Å². The zero-order valence-electron chi connectivity index (χ0n) is 15.5. The molecule has 0 aliphatic heterocycles. The third kappa shape index (κ3) is 3.40. The first-order valence-electron chi connectivity index (χ1n) is 9.18. The third-order valence-corrected chi connectivity index (χ3v) is 4.83. The number of hydrogen-bond acceptors (Lipinski definition) is 3. The molecule has 5 heteroatoms. The number of fused-ring (bicyclic) bond motifs is 1. The third-order valence-electron chi connectivity index (χ3n) is 4.83. The van der Waals surface area contributed by atoms with Gasteiger partial charge in [0.25, 0.3) is 5.91 Å². The zero-order chi connectivity index (χ0) is 19.5. The lowest BCUT2D eigenvalue weighted by Crippen LogP contribution is -2.17. The number of benzene rings is 3. The van der Waals surface area contributed by atoms with Crippen molar-refractivity contribution >= 4 is 16.9 Å². The van der Waals surface area contributed by atoms with Crippen LogP contribution in [0.2, 0.25) is 0 Å². The number of aromatic nitrogens is 2. The SMILES string of the molecule is CNC(=O)c1ccc(-c2nc3ccccc3n2C[C@H](O)c2ccccc2)cc1. The van der Waals surface area contributed by atoms with Crippen molar-refractivity contribution in [2.24, 2.45) is 0 Å². The van der Waals surface area contributed by atoms with Crippen LogP contribution in [-0.4, -0.2) is 27.6 Å². The maximum Gasteiger partial charge on any atom is 0.251 e. The van der Waals surface area contributed by atoms with Crippen LogP contribution in [0, 0.1) is 0 Å². The lowest BCUT2D eigenvalue weighted by Gasteiger charge is -2.15. The van der Waals surface area contributed by atoms with Gasteiger partial charge in [-0.3, -0.25) is 4.79 Å². The molecular weight excluding hydrogens is 350 g/mol. The first-order valence-corrected chi connectivity index (χ1v) is 9.18. The van der Waals surface area contributed by atoms with Crippen molar-refractivity contribution in [1.82, 2.24) is 14.9 Å². The van der Waals surface area contributed by atoms with E-state index in [-0.39, 0.29) is 5.91 Å². The maximum atomic E-state index is 11.8. The van der Waals surface area contributed by atoms with Crippen molar-refractivity contribution in [3.63, 3.8) is 0 Å². The monoisotopic (exact) mass is 371 g/mol. The molecule has 4 aromatic rings. The lowest BCUT2D eigenvalue weighted by atomic mass is 10.1. The first-order chi connectivity index (χ1) is 13.7. The number of nitrogens with one attached hydrogen (secondary N) is 1. The van der Waals surface area contributed by atoms with Crippen LogP contribution >= 0.6 is 0 Å². The van der Waals surface area contributed by atoms with E-state index in [0.29, 0.717) is 12.1 Å². The Kier molecular flexibility index (Phi) is 4.91. The second kappa shape index (κ2) is 7.66. The summed E-state index contributed by atoms with van der Waals surface area (Å²) < 4.78 is 2.03. The molecule has 0 aliphatic rings. The summed E-state index contributed by atoms with van der Waals surface area (Å²) >= 11 is 0. The Morgan fingerprint density at radius 2 is 1.68 bits per heavy atom. The molecule has 0 radical (unpaired) electrons. The van der Waals surface area contributed by atoms with Crippen LogP contribution in [-0.2, 0) is 6.54 Å². The summed E-state index contributed by atoms with van der Waals surface area (Å²) in [6, 6.07) is 24.8. The molecule has 0 unspecified atom stereocenters. The average molecular weight is 371 g/mol. The van der Waals surface area contributed by atoms with E-state index >= 15 is 0 Å². The van der Waals surface area contributed by atoms with Crippen molar-refractivity contribution in [1.29, 1.82) is 0 Å². The number of aliphatic hydroxyl groups excluding tert-OH is 1. The molecular formula is C23H21N3O2. The van der Waals surface area contributed by atoms with Crippen molar-refractivity contribution < 1.29 is 9.90 Å². The van der Waals surface area contributed by atoms with Crippen molar-refractivity contribution in [3.8, 4) is 11.4 Å². The molecule has 1 aromatic heterocycles. The van der Waals surface area contributed by atoms with Gasteiger partial charge in [-0.1, -0.05) is 54.6 Å². The van der Waals surface area contributed by atoms with Crippen LogP contribution in [0.15, 0.2) is 78.9 Å². The standard InChI is InChI=1S/C23H21N3O2/c1-24-23(28)18-13-11-17(12-14-18)22-25-19-9-5-6-10-20(19)26(22)15-21(27)16-7-3-2-4-8-16/h2-14,21,27H,15H2,1H3,(H,24,28)/t21-/m0/s1. The average Bonchev–Trinajstić information content (AvgIpc) is 3.12. The van der Waals surface area contributed by atoms with Gasteiger partial charge in [-0.25, -0.2) is 4.98 Å². The van der Waals surface area contributed by atoms with E-state index in [1.165, 1.54) is 0 Å². The number of para-hydroxylation sites is 2. The van der Waals surface area contributed by atoms with Gasteiger partial charge >= 0.3 is 0 Å². The minimum absolute atomic E-state index is 0.125. The number of imidazole rings is 1. The number of carbonyl (C=O) groups is 1. The molecule has 1 heterocycles. The van der Waals surface area contributed by atoms with Gasteiger partial charge in [-0.05, 0) is 29.8 Å². The highest BCUT2D eigenvalue weighted by Gasteiger charge is 2.17. The molecule has 0 spiro atoms. The van der Waals surface area contributed by atoms with Gasteiger partial charge in [-0.2, -0.15) is 0 Å². The molecule has 0 bridgehead atoms. The highest BCUT2D eigenvalue weighted by atomic mass is 16.3. The summed E-state index contributed by atoms with van der Waals surface area (Å²) in [6.45, 7) is 0.386. The van der Waals surface area contributed by atoms with Crippen LogP contribution in [0.3, 0.4) is 0 Å². The predicted molar refractivity (Wildman–Crippen MR) is 110 cm³/mol. The number of nitrogens with zero attached hydrogens (tertiary/aromatic N) is 2. The summed E-state index contributed by atoms with van der Waals surface area (Å²) in [5.74, 6) is 0.638. The normalized spacial score (nSPS) is 12.1. The Morgan fingerprint density at radius 1 is 1.00 bits per heavy atom. The van der Waals surface area contributed by atoms with Crippen molar-refractivity contribution in [3.05, 3.63) is 90.0 Å². The van der Waals surface area contributed by atoms with Gasteiger partial charge in [0.05, 0.1) is 23.7 Å². The summed E-state index contributed by atoms with van der Waals surface area (Å²) in [7, 11) is 1.61. The molecule has 4 rings (SSSR count). The largest absolute Gasteiger partial charge is 0.387 e. The van der Waals surface area contributed by atoms with Crippen molar-refractivity contribution in [2.75, 3.05) is 7.05 Å². The topological polar surface area (TPSA) is 67.2 Å². The maximum absolute atomic E-state index is 11.8. The van der Waals surface area contributed by atoms with E-state index in [1.807, 2.05) is 71.3 Å². The van der Waals surface area contributed by atoms with E-state index in [9.17, 15) is 9.90 Å². The number of carbonyl (C=O) groups excluding carboxylic acids is 1. The molecule has 1 amide bonds. The fourth-order valence-electron chi connectivity index (χ4n) is 3.35. The van der Waals surface area contributed by atoms with E-state index in [2.05, 4.69) is 5.32 Å². The van der Waals surface area contributed by atoms with Gasteiger partial charge in [0.15, 0.2) is 0 Å². The second-order valence-electron chi connectivity index (χ2n) is 6.62. The molecule has 3 aromatic carbocycles. The molecule has 0 saturated carbocycles. The van der Waals surface area contributed by atoms with E-state index in [0.717, 1.165) is 28.0 Å². The fourth-order valence-corrected chi connectivity index (χ4v) is 3.35. The van der Waals surface area contributed by atoms with Gasteiger partial charge in [0.2, 0.25) is 0 Å². The Hall–Kier alpha value is -3.44. The Balaban J connectivity index is 1.76. The first kappa shape index (κ1) is 17.9. The van der Waals surface area contributed by atoms with Gasteiger partial charge < -0.3 is 15.0 Å². The smallest absolute Gasteiger partial charge is 0.251 e. The van der Waals surface area contributed by atoms with E-state index in [4.69, 9.17) is 4.98 Å². The molecule has 2 N–H and O–H groups in total. The highest BCUT2D eigenvalue weighted by molar-refractivity contribution is 5.94. The number of rotatable bonds is 5. The number of hydrogen-bond donors (Lipinski definition) is 2. The molecule has 0 fully saturated rings. The van der Waals surface area contributed by atoms with Crippen molar-refractivity contribution in [2.45, 2.75) is 12.6 Å². The van der Waals surface area contributed by atoms with Crippen LogP contribution in [0.5, 0.6) is 0 Å². The molecule has 0 saturated heterocycles. The molecule has 5 nitrogen and oxygen atoms in total. The van der Waals surface area contributed by atoms with Gasteiger partial charge in [-0.15, -0.1) is 0 Å². The molecule has 28 heavy (non-hydrogen) atoms. The number of aliphatic hydroxyl groups is 1. The summed E-state index contributed by atoms with van der Waals surface area (Å²) in [4.78, 5) is 16.6. The Labute approximate surface area is 163 Å². The fraction of sp³-hybridized carbons (Fsp3) is 0.130. The highest BCUT2D eigenvalue weighted by Crippen LogP contribution is 2.27. The van der Waals surface area contributed by atoms with Crippen LogP contribution in [0.4, 0.5) is 0 Å².